The molecule has 3 atom stereocenters. The molecule has 1 aromatic carbocycles. The molecule has 18 heavy (non-hydrogen) atoms. The van der Waals surface area contributed by atoms with Crippen LogP contribution in [0.25, 0.3) is 0 Å². The molecule has 94 valence electrons. The zero-order valence-corrected chi connectivity index (χ0v) is 11.2. The maximum atomic E-state index is 12.4. The summed E-state index contributed by atoms with van der Waals surface area (Å²) in [7, 11) is -1.11. The van der Waals surface area contributed by atoms with E-state index in [9.17, 15) is 4.21 Å². The van der Waals surface area contributed by atoms with Gasteiger partial charge >= 0.3 is 0 Å². The second-order valence-corrected chi connectivity index (χ2v) is 6.99. The lowest BCUT2D eigenvalue weighted by Crippen LogP contribution is -2.38. The number of benzene rings is 1. The largest absolute Gasteiger partial charge is 0.492 e. The number of hydrogen-bond donors (Lipinski definition) is 1. The topological polar surface area (TPSA) is 52.3 Å². The molecule has 3 unspecified atom stereocenters. The molecule has 0 saturated heterocycles. The number of ether oxygens (including phenoxy) is 1. The molecule has 0 saturated carbocycles. The molecule has 0 spiro atoms. The molecule has 5 heteroatoms. The van der Waals surface area contributed by atoms with Crippen molar-refractivity contribution in [3.63, 3.8) is 0 Å². The Morgan fingerprint density at radius 3 is 2.89 bits per heavy atom. The molecule has 2 aromatic rings. The number of hydrogen-bond acceptors (Lipinski definition) is 4. The summed E-state index contributed by atoms with van der Waals surface area (Å²) in [5, 5.41) is 1.75. The van der Waals surface area contributed by atoms with Crippen molar-refractivity contribution in [1.29, 1.82) is 0 Å². The van der Waals surface area contributed by atoms with Crippen LogP contribution in [-0.4, -0.2) is 16.1 Å². The standard InChI is InChI=1S/C13H13NO2S2/c14-13-9-4-1-2-5-10(9)16-8-11(13)18(15)12-6-3-7-17-12/h1-7,11,13H,8,14H2. The van der Waals surface area contributed by atoms with Crippen molar-refractivity contribution in [1.82, 2.24) is 0 Å². The molecule has 0 amide bonds. The fraction of sp³-hybridized carbons (Fsp3) is 0.231. The Kier molecular flexibility index (Phi) is 3.20. The van der Waals surface area contributed by atoms with E-state index in [1.165, 1.54) is 11.3 Å². The van der Waals surface area contributed by atoms with E-state index in [1.54, 1.807) is 0 Å². The Morgan fingerprint density at radius 2 is 2.11 bits per heavy atom. The minimum Gasteiger partial charge on any atom is -0.492 e. The minimum absolute atomic E-state index is 0.182. The second kappa shape index (κ2) is 4.84. The lowest BCUT2D eigenvalue weighted by molar-refractivity contribution is 0.273. The summed E-state index contributed by atoms with van der Waals surface area (Å²) < 4.78 is 19.0. The number of fused-ring (bicyclic) bond motifs is 1. The summed E-state index contributed by atoms with van der Waals surface area (Å²) in [4.78, 5) is 0. The van der Waals surface area contributed by atoms with E-state index in [4.69, 9.17) is 10.5 Å². The number of para-hydroxylation sites is 1. The third kappa shape index (κ3) is 1.98. The summed E-state index contributed by atoms with van der Waals surface area (Å²) in [6, 6.07) is 11.2. The van der Waals surface area contributed by atoms with Crippen LogP contribution in [0.2, 0.25) is 0 Å². The first-order valence-electron chi connectivity index (χ1n) is 5.69. The van der Waals surface area contributed by atoms with Gasteiger partial charge in [0.25, 0.3) is 0 Å². The van der Waals surface area contributed by atoms with Crippen molar-refractivity contribution >= 4 is 22.1 Å². The molecule has 1 aliphatic heterocycles. The van der Waals surface area contributed by atoms with Crippen LogP contribution in [-0.2, 0) is 10.8 Å². The van der Waals surface area contributed by atoms with Gasteiger partial charge in [-0.1, -0.05) is 24.3 Å². The molecule has 1 aliphatic rings. The maximum absolute atomic E-state index is 12.4. The Hall–Kier alpha value is -1.17. The predicted octanol–water partition coefficient (Wildman–Crippen LogP) is 2.32. The van der Waals surface area contributed by atoms with Crippen molar-refractivity contribution < 1.29 is 8.95 Å². The fourth-order valence-electron chi connectivity index (χ4n) is 2.09. The molecular formula is C13H13NO2S2. The zero-order chi connectivity index (χ0) is 12.5. The molecule has 0 fully saturated rings. The lowest BCUT2D eigenvalue weighted by Gasteiger charge is -2.30. The van der Waals surface area contributed by atoms with Gasteiger partial charge in [0.15, 0.2) is 0 Å². The lowest BCUT2D eigenvalue weighted by atomic mass is 10.0. The SMILES string of the molecule is NC1c2ccccc2OCC1S(=O)c1cccs1. The molecular weight excluding hydrogens is 266 g/mol. The van der Waals surface area contributed by atoms with Gasteiger partial charge in [-0.2, -0.15) is 0 Å². The highest BCUT2D eigenvalue weighted by molar-refractivity contribution is 7.88. The predicted molar refractivity (Wildman–Crippen MR) is 73.4 cm³/mol. The van der Waals surface area contributed by atoms with Crippen LogP contribution in [0, 0.1) is 0 Å². The Balaban J connectivity index is 1.91. The van der Waals surface area contributed by atoms with Crippen LogP contribution >= 0.6 is 11.3 Å². The Labute approximate surface area is 112 Å². The highest BCUT2D eigenvalue weighted by atomic mass is 32.2. The van der Waals surface area contributed by atoms with Gasteiger partial charge in [-0.15, -0.1) is 11.3 Å². The number of thiophene rings is 1. The monoisotopic (exact) mass is 279 g/mol. The normalized spacial score (nSPS) is 24.1. The first-order chi connectivity index (χ1) is 8.77. The third-order valence-corrected chi connectivity index (χ3v) is 6.01. The van der Waals surface area contributed by atoms with Crippen LogP contribution in [0.1, 0.15) is 11.6 Å². The molecule has 0 bridgehead atoms. The molecule has 3 rings (SSSR count). The van der Waals surface area contributed by atoms with Gasteiger partial charge in [0.1, 0.15) is 12.4 Å². The van der Waals surface area contributed by atoms with E-state index in [1.807, 2.05) is 41.8 Å². The van der Waals surface area contributed by atoms with E-state index >= 15 is 0 Å². The van der Waals surface area contributed by atoms with Crippen LogP contribution in [0.15, 0.2) is 46.0 Å². The molecule has 3 nitrogen and oxygen atoms in total. The summed E-state index contributed by atoms with van der Waals surface area (Å²) >= 11 is 1.50. The van der Waals surface area contributed by atoms with Crippen molar-refractivity contribution in [2.75, 3.05) is 6.61 Å². The smallest absolute Gasteiger partial charge is 0.124 e. The molecule has 0 aliphatic carbocycles. The third-order valence-electron chi connectivity index (χ3n) is 3.05. The second-order valence-electron chi connectivity index (χ2n) is 4.14. The van der Waals surface area contributed by atoms with Crippen LogP contribution in [0.5, 0.6) is 5.75 Å². The Morgan fingerprint density at radius 1 is 1.28 bits per heavy atom. The average Bonchev–Trinajstić information content (AvgIpc) is 2.93. The number of rotatable bonds is 2. The van der Waals surface area contributed by atoms with E-state index in [2.05, 4.69) is 0 Å². The molecule has 2 heterocycles. The van der Waals surface area contributed by atoms with Crippen molar-refractivity contribution in [2.45, 2.75) is 15.5 Å². The summed E-state index contributed by atoms with van der Waals surface area (Å²) in [5.41, 5.74) is 7.17. The van der Waals surface area contributed by atoms with Crippen molar-refractivity contribution in [3.8, 4) is 5.75 Å². The van der Waals surface area contributed by atoms with Crippen molar-refractivity contribution in [3.05, 3.63) is 47.3 Å². The van der Waals surface area contributed by atoms with E-state index < -0.39 is 10.8 Å². The van der Waals surface area contributed by atoms with E-state index in [0.717, 1.165) is 15.5 Å². The summed E-state index contributed by atoms with van der Waals surface area (Å²) in [5.74, 6) is 0.810. The maximum Gasteiger partial charge on any atom is 0.124 e. The van der Waals surface area contributed by atoms with Gasteiger partial charge in [-0.3, -0.25) is 4.21 Å². The highest BCUT2D eigenvalue weighted by Gasteiger charge is 2.33. The first kappa shape index (κ1) is 11.9. The minimum atomic E-state index is -1.11. The van der Waals surface area contributed by atoms with E-state index in [-0.39, 0.29) is 11.3 Å². The fourth-order valence-corrected chi connectivity index (χ4v) is 4.57. The van der Waals surface area contributed by atoms with Gasteiger partial charge < -0.3 is 10.5 Å². The molecule has 2 N–H and O–H groups in total. The van der Waals surface area contributed by atoms with Gasteiger partial charge in [0.2, 0.25) is 0 Å². The number of nitrogens with two attached hydrogens (primary N) is 1. The van der Waals surface area contributed by atoms with Crippen LogP contribution < -0.4 is 10.5 Å². The van der Waals surface area contributed by atoms with Crippen molar-refractivity contribution in [2.24, 2.45) is 5.73 Å². The highest BCUT2D eigenvalue weighted by Crippen LogP contribution is 2.34. The molecule has 1 aromatic heterocycles. The average molecular weight is 279 g/mol. The Bertz CT molecular complexity index is 568. The van der Waals surface area contributed by atoms with Crippen LogP contribution in [0.3, 0.4) is 0 Å². The summed E-state index contributed by atoms with van der Waals surface area (Å²) in [6.07, 6.45) is 0. The van der Waals surface area contributed by atoms with Gasteiger partial charge in [0, 0.05) is 5.56 Å². The zero-order valence-electron chi connectivity index (χ0n) is 9.61. The molecule has 0 radical (unpaired) electrons. The van der Waals surface area contributed by atoms with E-state index in [0.29, 0.717) is 6.61 Å². The van der Waals surface area contributed by atoms with Gasteiger partial charge in [-0.05, 0) is 17.5 Å². The van der Waals surface area contributed by atoms with Crippen LogP contribution in [0.4, 0.5) is 0 Å². The summed E-state index contributed by atoms with van der Waals surface area (Å²) in [6.45, 7) is 0.405. The van der Waals surface area contributed by atoms with Gasteiger partial charge in [0.05, 0.1) is 26.3 Å². The first-order valence-corrected chi connectivity index (χ1v) is 7.78. The van der Waals surface area contributed by atoms with Gasteiger partial charge in [-0.25, -0.2) is 0 Å². The quantitative estimate of drug-likeness (QED) is 0.918.